The molecule has 1 amide bonds. The summed E-state index contributed by atoms with van der Waals surface area (Å²) in [6, 6.07) is 11.4. The molecule has 0 aliphatic heterocycles. The van der Waals surface area contributed by atoms with Gasteiger partial charge in [0.2, 0.25) is 0 Å². The van der Waals surface area contributed by atoms with Crippen LogP contribution in [0.4, 0.5) is 10.1 Å². The van der Waals surface area contributed by atoms with Crippen LogP contribution in [0.2, 0.25) is 0 Å². The van der Waals surface area contributed by atoms with E-state index in [4.69, 9.17) is 10.5 Å². The van der Waals surface area contributed by atoms with Gasteiger partial charge in [-0.2, -0.15) is 0 Å². The Morgan fingerprint density at radius 2 is 2.05 bits per heavy atom. The maximum atomic E-state index is 13.5. The van der Waals surface area contributed by atoms with Gasteiger partial charge in [0.1, 0.15) is 11.6 Å². The zero-order chi connectivity index (χ0) is 15.2. The van der Waals surface area contributed by atoms with E-state index in [1.807, 2.05) is 0 Å². The van der Waals surface area contributed by atoms with E-state index >= 15 is 0 Å². The molecule has 0 aromatic heterocycles. The van der Waals surface area contributed by atoms with E-state index in [-0.39, 0.29) is 11.7 Å². The third kappa shape index (κ3) is 3.72. The lowest BCUT2D eigenvalue weighted by atomic mass is 10.1. The summed E-state index contributed by atoms with van der Waals surface area (Å²) in [6.07, 6.45) is 0.419. The molecule has 110 valence electrons. The lowest BCUT2D eigenvalue weighted by Crippen LogP contribution is -2.26. The van der Waals surface area contributed by atoms with Crippen molar-refractivity contribution in [2.75, 3.05) is 19.4 Å². The summed E-state index contributed by atoms with van der Waals surface area (Å²) in [6.45, 7) is 0.330. The van der Waals surface area contributed by atoms with E-state index in [0.29, 0.717) is 35.5 Å². The first-order valence-corrected chi connectivity index (χ1v) is 6.57. The van der Waals surface area contributed by atoms with Crippen LogP contribution in [0.1, 0.15) is 15.9 Å². The van der Waals surface area contributed by atoms with Gasteiger partial charge >= 0.3 is 0 Å². The number of methoxy groups -OCH3 is 1. The van der Waals surface area contributed by atoms with Gasteiger partial charge < -0.3 is 15.8 Å². The van der Waals surface area contributed by atoms with Crippen molar-refractivity contribution < 1.29 is 13.9 Å². The number of nitrogen functional groups attached to an aromatic ring is 1. The number of nitrogens with one attached hydrogen (secondary N) is 1. The van der Waals surface area contributed by atoms with Crippen molar-refractivity contribution in [3.05, 3.63) is 59.4 Å². The number of halogens is 1. The molecule has 2 aromatic rings. The maximum Gasteiger partial charge on any atom is 0.253 e. The fourth-order valence-electron chi connectivity index (χ4n) is 1.97. The standard InChI is InChI=1S/C16H17FN2O2/c1-21-12-6-7-15(18)13(10-12)16(20)19-9-8-11-4-2-3-5-14(11)17/h2-7,10H,8-9,18H2,1H3,(H,19,20). The van der Waals surface area contributed by atoms with E-state index in [0.717, 1.165) is 0 Å². The number of carbonyl (C=O) groups is 1. The molecule has 0 spiro atoms. The number of amides is 1. The van der Waals surface area contributed by atoms with Gasteiger partial charge in [-0.05, 0) is 36.2 Å². The van der Waals surface area contributed by atoms with Crippen LogP contribution < -0.4 is 15.8 Å². The van der Waals surface area contributed by atoms with Gasteiger partial charge in [0.15, 0.2) is 0 Å². The van der Waals surface area contributed by atoms with Crippen LogP contribution in [0.25, 0.3) is 0 Å². The van der Waals surface area contributed by atoms with E-state index in [2.05, 4.69) is 5.32 Å². The fourth-order valence-corrected chi connectivity index (χ4v) is 1.97. The third-order valence-electron chi connectivity index (χ3n) is 3.14. The minimum atomic E-state index is -0.303. The van der Waals surface area contributed by atoms with Crippen molar-refractivity contribution in [2.45, 2.75) is 6.42 Å². The van der Waals surface area contributed by atoms with Crippen molar-refractivity contribution in [3.63, 3.8) is 0 Å². The van der Waals surface area contributed by atoms with E-state index < -0.39 is 0 Å². The number of carbonyl (C=O) groups excluding carboxylic acids is 1. The number of hydrogen-bond donors (Lipinski definition) is 2. The maximum absolute atomic E-state index is 13.5. The number of rotatable bonds is 5. The lowest BCUT2D eigenvalue weighted by molar-refractivity contribution is 0.0954. The summed E-state index contributed by atoms with van der Waals surface area (Å²) < 4.78 is 18.5. The van der Waals surface area contributed by atoms with Crippen LogP contribution in [0.15, 0.2) is 42.5 Å². The molecule has 0 unspecified atom stereocenters. The van der Waals surface area contributed by atoms with Crippen molar-refractivity contribution in [1.29, 1.82) is 0 Å². The Labute approximate surface area is 122 Å². The molecule has 0 bridgehead atoms. The van der Waals surface area contributed by atoms with Gasteiger partial charge in [0.05, 0.1) is 12.7 Å². The first-order chi connectivity index (χ1) is 10.1. The van der Waals surface area contributed by atoms with Crippen LogP contribution in [0.3, 0.4) is 0 Å². The average molecular weight is 288 g/mol. The second kappa shape index (κ2) is 6.74. The van der Waals surface area contributed by atoms with E-state index in [9.17, 15) is 9.18 Å². The topological polar surface area (TPSA) is 64.3 Å². The Hall–Kier alpha value is -2.56. The van der Waals surface area contributed by atoms with Gasteiger partial charge in [-0.1, -0.05) is 18.2 Å². The van der Waals surface area contributed by atoms with Gasteiger partial charge in [-0.25, -0.2) is 4.39 Å². The van der Waals surface area contributed by atoms with Gasteiger partial charge in [-0.3, -0.25) is 4.79 Å². The van der Waals surface area contributed by atoms with Gasteiger partial charge in [0, 0.05) is 12.2 Å². The van der Waals surface area contributed by atoms with Gasteiger partial charge in [0.25, 0.3) is 5.91 Å². The minimum Gasteiger partial charge on any atom is -0.497 e. The molecular formula is C16H17FN2O2. The van der Waals surface area contributed by atoms with Crippen molar-refractivity contribution in [2.24, 2.45) is 0 Å². The van der Waals surface area contributed by atoms with Crippen LogP contribution in [0.5, 0.6) is 5.75 Å². The molecule has 0 heterocycles. The minimum absolute atomic E-state index is 0.271. The van der Waals surface area contributed by atoms with Crippen LogP contribution in [0, 0.1) is 5.82 Å². The monoisotopic (exact) mass is 288 g/mol. The molecule has 0 aliphatic rings. The molecule has 21 heavy (non-hydrogen) atoms. The van der Waals surface area contributed by atoms with Crippen molar-refractivity contribution in [3.8, 4) is 5.75 Å². The number of anilines is 1. The highest BCUT2D eigenvalue weighted by Gasteiger charge is 2.11. The van der Waals surface area contributed by atoms with Crippen molar-refractivity contribution in [1.82, 2.24) is 5.32 Å². The molecule has 4 nitrogen and oxygen atoms in total. The number of hydrogen-bond acceptors (Lipinski definition) is 3. The van der Waals surface area contributed by atoms with Crippen LogP contribution in [-0.2, 0) is 6.42 Å². The lowest BCUT2D eigenvalue weighted by Gasteiger charge is -2.09. The Morgan fingerprint density at radius 3 is 2.76 bits per heavy atom. The zero-order valence-electron chi connectivity index (χ0n) is 11.7. The fraction of sp³-hybridized carbons (Fsp3) is 0.188. The smallest absolute Gasteiger partial charge is 0.253 e. The Morgan fingerprint density at radius 1 is 1.29 bits per heavy atom. The highest BCUT2D eigenvalue weighted by Crippen LogP contribution is 2.19. The summed E-state index contributed by atoms with van der Waals surface area (Å²) in [5.74, 6) is -0.0150. The van der Waals surface area contributed by atoms with Gasteiger partial charge in [-0.15, -0.1) is 0 Å². The Bertz CT molecular complexity index is 644. The summed E-state index contributed by atoms with van der Waals surface area (Å²) >= 11 is 0. The van der Waals surface area contributed by atoms with E-state index in [1.54, 1.807) is 36.4 Å². The van der Waals surface area contributed by atoms with Crippen molar-refractivity contribution >= 4 is 11.6 Å². The summed E-state index contributed by atoms with van der Waals surface area (Å²) in [5.41, 5.74) is 7.07. The molecule has 0 radical (unpaired) electrons. The summed E-state index contributed by atoms with van der Waals surface area (Å²) in [7, 11) is 1.52. The normalized spacial score (nSPS) is 10.2. The molecule has 2 rings (SSSR count). The first kappa shape index (κ1) is 14.8. The zero-order valence-corrected chi connectivity index (χ0v) is 11.7. The SMILES string of the molecule is COc1ccc(N)c(C(=O)NCCc2ccccc2F)c1. The Kier molecular flexibility index (Phi) is 4.77. The molecule has 3 N–H and O–H groups in total. The quantitative estimate of drug-likeness (QED) is 0.830. The largest absolute Gasteiger partial charge is 0.497 e. The molecule has 2 aromatic carbocycles. The molecular weight excluding hydrogens is 271 g/mol. The number of ether oxygens (including phenoxy) is 1. The van der Waals surface area contributed by atoms with Crippen LogP contribution in [-0.4, -0.2) is 19.6 Å². The second-order valence-corrected chi connectivity index (χ2v) is 4.55. The highest BCUT2D eigenvalue weighted by atomic mass is 19.1. The molecule has 0 aliphatic carbocycles. The predicted molar refractivity (Wildman–Crippen MR) is 79.8 cm³/mol. The predicted octanol–water partition coefficient (Wildman–Crippen LogP) is 2.39. The summed E-state index contributed by atoms with van der Waals surface area (Å²) in [5, 5.41) is 2.73. The molecule has 0 fully saturated rings. The number of benzene rings is 2. The third-order valence-corrected chi connectivity index (χ3v) is 3.14. The molecule has 5 heteroatoms. The first-order valence-electron chi connectivity index (χ1n) is 6.57. The van der Waals surface area contributed by atoms with Crippen LogP contribution >= 0.6 is 0 Å². The second-order valence-electron chi connectivity index (χ2n) is 4.55. The van der Waals surface area contributed by atoms with E-state index in [1.165, 1.54) is 13.2 Å². The molecule has 0 saturated carbocycles. The summed E-state index contributed by atoms with van der Waals surface area (Å²) in [4.78, 5) is 12.1. The highest BCUT2D eigenvalue weighted by molar-refractivity contribution is 5.99. The average Bonchev–Trinajstić information content (AvgIpc) is 2.49. The molecule has 0 atom stereocenters. The Balaban J connectivity index is 1.98. The molecule has 0 saturated heterocycles. The number of nitrogens with two attached hydrogens (primary N) is 1.